The third-order valence-electron chi connectivity index (χ3n) is 2.93. The molecule has 0 saturated heterocycles. The Hall–Kier alpha value is -1.43. The molecule has 0 aliphatic heterocycles. The van der Waals surface area contributed by atoms with Crippen LogP contribution >= 0.6 is 11.3 Å². The Morgan fingerprint density at radius 1 is 1.19 bits per heavy atom. The molecule has 2 rings (SSSR count). The van der Waals surface area contributed by atoms with E-state index < -0.39 is 0 Å². The van der Waals surface area contributed by atoms with E-state index >= 15 is 0 Å². The minimum Gasteiger partial charge on any atom is -0.494 e. The van der Waals surface area contributed by atoms with Gasteiger partial charge in [-0.1, -0.05) is 6.92 Å². The zero-order chi connectivity index (χ0) is 14.9. The Kier molecular flexibility index (Phi) is 6.66. The van der Waals surface area contributed by atoms with E-state index in [9.17, 15) is 0 Å². The van der Waals surface area contributed by atoms with Crippen LogP contribution in [0.25, 0.3) is 11.3 Å². The maximum Gasteiger partial charge on any atom is 0.119 e. The highest BCUT2D eigenvalue weighted by atomic mass is 32.1. The van der Waals surface area contributed by atoms with Gasteiger partial charge in [0.05, 0.1) is 18.9 Å². The van der Waals surface area contributed by atoms with Gasteiger partial charge >= 0.3 is 0 Å². The van der Waals surface area contributed by atoms with Crippen molar-refractivity contribution in [2.24, 2.45) is 0 Å². The molecule has 0 saturated carbocycles. The standard InChI is InChI=1S/C16H22N2O2S/c1-3-9-20-14-6-4-13(5-7-14)15-12-21-16(18-15)11-17-8-10-19-2/h4-7,12,17H,3,8-11H2,1-2H3. The maximum atomic E-state index is 5.59. The molecular weight excluding hydrogens is 284 g/mol. The van der Waals surface area contributed by atoms with Crippen LogP contribution in [0, 0.1) is 0 Å². The molecule has 21 heavy (non-hydrogen) atoms. The Balaban J connectivity index is 1.91. The van der Waals surface area contributed by atoms with E-state index in [1.54, 1.807) is 18.4 Å². The third-order valence-corrected chi connectivity index (χ3v) is 3.78. The molecule has 0 unspecified atom stereocenters. The number of nitrogens with zero attached hydrogens (tertiary/aromatic N) is 1. The average Bonchev–Trinajstić information content (AvgIpc) is 2.99. The Morgan fingerprint density at radius 3 is 2.71 bits per heavy atom. The van der Waals surface area contributed by atoms with Crippen LogP contribution in [0.2, 0.25) is 0 Å². The summed E-state index contributed by atoms with van der Waals surface area (Å²) >= 11 is 1.67. The molecule has 0 fully saturated rings. The van der Waals surface area contributed by atoms with E-state index in [-0.39, 0.29) is 0 Å². The van der Waals surface area contributed by atoms with E-state index in [1.807, 2.05) is 12.1 Å². The summed E-state index contributed by atoms with van der Waals surface area (Å²) < 4.78 is 10.6. The van der Waals surface area contributed by atoms with E-state index in [0.717, 1.165) is 54.7 Å². The molecule has 1 heterocycles. The lowest BCUT2D eigenvalue weighted by Crippen LogP contribution is -2.18. The Bertz CT molecular complexity index is 525. The fraction of sp³-hybridized carbons (Fsp3) is 0.438. The van der Waals surface area contributed by atoms with Crippen LogP contribution < -0.4 is 10.1 Å². The highest BCUT2D eigenvalue weighted by Gasteiger charge is 2.04. The first-order chi connectivity index (χ1) is 10.3. The van der Waals surface area contributed by atoms with Crippen molar-refractivity contribution in [3.8, 4) is 17.0 Å². The molecule has 1 N–H and O–H groups in total. The number of rotatable bonds is 9. The van der Waals surface area contributed by atoms with Gasteiger partial charge in [0.25, 0.3) is 0 Å². The predicted molar refractivity (Wildman–Crippen MR) is 86.9 cm³/mol. The fourth-order valence-electron chi connectivity index (χ4n) is 1.84. The normalized spacial score (nSPS) is 10.8. The highest BCUT2D eigenvalue weighted by molar-refractivity contribution is 7.09. The predicted octanol–water partition coefficient (Wildman–Crippen LogP) is 3.33. The summed E-state index contributed by atoms with van der Waals surface area (Å²) in [5.41, 5.74) is 2.14. The second-order valence-corrected chi connectivity index (χ2v) is 5.61. The van der Waals surface area contributed by atoms with Gasteiger partial charge in [-0.2, -0.15) is 0 Å². The van der Waals surface area contributed by atoms with Gasteiger partial charge in [-0.3, -0.25) is 0 Å². The summed E-state index contributed by atoms with van der Waals surface area (Å²) in [6.45, 7) is 5.21. The van der Waals surface area contributed by atoms with Crippen molar-refractivity contribution >= 4 is 11.3 Å². The number of aromatic nitrogens is 1. The molecule has 5 heteroatoms. The maximum absolute atomic E-state index is 5.59. The van der Waals surface area contributed by atoms with E-state index in [2.05, 4.69) is 34.7 Å². The van der Waals surface area contributed by atoms with Gasteiger partial charge < -0.3 is 14.8 Å². The minimum absolute atomic E-state index is 0.720. The van der Waals surface area contributed by atoms with E-state index in [0.29, 0.717) is 0 Å². The second kappa shape index (κ2) is 8.77. The van der Waals surface area contributed by atoms with Crippen LogP contribution in [0.15, 0.2) is 29.6 Å². The van der Waals surface area contributed by atoms with Gasteiger partial charge in [0.2, 0.25) is 0 Å². The van der Waals surface area contributed by atoms with E-state index in [1.165, 1.54) is 0 Å². The molecule has 0 bridgehead atoms. The topological polar surface area (TPSA) is 43.4 Å². The highest BCUT2D eigenvalue weighted by Crippen LogP contribution is 2.24. The molecule has 0 spiro atoms. The molecule has 114 valence electrons. The summed E-state index contributed by atoms with van der Waals surface area (Å²) in [6, 6.07) is 8.12. The van der Waals surface area contributed by atoms with Crippen LogP contribution in [0.4, 0.5) is 0 Å². The quantitative estimate of drug-likeness (QED) is 0.722. The average molecular weight is 306 g/mol. The number of thiazole rings is 1. The minimum atomic E-state index is 0.720. The number of methoxy groups -OCH3 is 1. The molecule has 0 atom stereocenters. The summed E-state index contributed by atoms with van der Waals surface area (Å²) in [5.74, 6) is 0.914. The summed E-state index contributed by atoms with van der Waals surface area (Å²) in [4.78, 5) is 4.64. The van der Waals surface area contributed by atoms with Crippen LogP contribution in [-0.4, -0.2) is 31.9 Å². The van der Waals surface area contributed by atoms with Crippen molar-refractivity contribution in [3.05, 3.63) is 34.7 Å². The van der Waals surface area contributed by atoms with Crippen molar-refractivity contribution in [2.45, 2.75) is 19.9 Å². The molecule has 2 aromatic rings. The van der Waals surface area contributed by atoms with Crippen LogP contribution in [0.5, 0.6) is 5.75 Å². The fourth-order valence-corrected chi connectivity index (χ4v) is 2.61. The second-order valence-electron chi connectivity index (χ2n) is 4.67. The number of benzene rings is 1. The summed E-state index contributed by atoms with van der Waals surface area (Å²) in [5, 5.41) is 6.49. The molecule has 1 aromatic heterocycles. The molecule has 4 nitrogen and oxygen atoms in total. The Labute approximate surface area is 130 Å². The lowest BCUT2D eigenvalue weighted by atomic mass is 10.2. The molecule has 0 aliphatic rings. The smallest absolute Gasteiger partial charge is 0.119 e. The number of hydrogen-bond donors (Lipinski definition) is 1. The molecule has 1 aromatic carbocycles. The van der Waals surface area contributed by atoms with Gasteiger partial charge in [0, 0.05) is 31.1 Å². The first kappa shape index (κ1) is 15.9. The molecule has 0 aliphatic carbocycles. The summed E-state index contributed by atoms with van der Waals surface area (Å²) in [7, 11) is 1.71. The zero-order valence-corrected chi connectivity index (χ0v) is 13.4. The van der Waals surface area contributed by atoms with Gasteiger partial charge in [0.15, 0.2) is 0 Å². The zero-order valence-electron chi connectivity index (χ0n) is 12.6. The van der Waals surface area contributed by atoms with E-state index in [4.69, 9.17) is 9.47 Å². The number of hydrogen-bond acceptors (Lipinski definition) is 5. The monoisotopic (exact) mass is 306 g/mol. The van der Waals surface area contributed by atoms with Crippen LogP contribution in [-0.2, 0) is 11.3 Å². The number of nitrogens with one attached hydrogen (secondary N) is 1. The lowest BCUT2D eigenvalue weighted by Gasteiger charge is -2.04. The summed E-state index contributed by atoms with van der Waals surface area (Å²) in [6.07, 6.45) is 1.02. The van der Waals surface area contributed by atoms with Crippen molar-refractivity contribution in [1.82, 2.24) is 10.3 Å². The van der Waals surface area contributed by atoms with Gasteiger partial charge in [-0.15, -0.1) is 11.3 Å². The lowest BCUT2D eigenvalue weighted by molar-refractivity contribution is 0.199. The van der Waals surface area contributed by atoms with Crippen molar-refractivity contribution in [2.75, 3.05) is 26.9 Å². The van der Waals surface area contributed by atoms with Crippen molar-refractivity contribution < 1.29 is 9.47 Å². The van der Waals surface area contributed by atoms with Gasteiger partial charge in [-0.25, -0.2) is 4.98 Å². The van der Waals surface area contributed by atoms with Gasteiger partial charge in [-0.05, 0) is 30.7 Å². The number of ether oxygens (including phenoxy) is 2. The first-order valence-electron chi connectivity index (χ1n) is 7.20. The van der Waals surface area contributed by atoms with Crippen molar-refractivity contribution in [1.29, 1.82) is 0 Å². The van der Waals surface area contributed by atoms with Crippen molar-refractivity contribution in [3.63, 3.8) is 0 Å². The Morgan fingerprint density at radius 2 is 2.00 bits per heavy atom. The first-order valence-corrected chi connectivity index (χ1v) is 8.08. The molecule has 0 radical (unpaired) electrons. The largest absolute Gasteiger partial charge is 0.494 e. The van der Waals surface area contributed by atoms with Crippen LogP contribution in [0.3, 0.4) is 0 Å². The van der Waals surface area contributed by atoms with Gasteiger partial charge in [0.1, 0.15) is 10.8 Å². The SMILES string of the molecule is CCCOc1ccc(-c2csc(CNCCOC)n2)cc1. The molecular formula is C16H22N2O2S. The third kappa shape index (κ3) is 5.12. The van der Waals surface area contributed by atoms with Crippen LogP contribution in [0.1, 0.15) is 18.4 Å². The molecule has 0 amide bonds.